The molecule has 4 nitrogen and oxygen atoms in total. The van der Waals surface area contributed by atoms with E-state index in [1.807, 2.05) is 6.92 Å². The molecular formula is C14H23NO3. The SMILES string of the molecule is CC1CCCC1C(=O)N1CCCC(C)C1C(=O)O. The number of carboxylic acids is 1. The van der Waals surface area contributed by atoms with Gasteiger partial charge in [0.1, 0.15) is 6.04 Å². The first-order chi connectivity index (χ1) is 8.52. The number of rotatable bonds is 2. The second-order valence-corrected chi connectivity index (χ2v) is 5.95. The third-order valence-corrected chi connectivity index (χ3v) is 4.65. The standard InChI is InChI=1S/C14H23NO3/c1-9-5-3-7-11(9)13(16)15-8-4-6-10(2)12(15)14(17)18/h9-12H,3-8H2,1-2H3,(H,17,18). The highest BCUT2D eigenvalue weighted by Crippen LogP contribution is 2.35. The molecule has 1 aliphatic heterocycles. The fraction of sp³-hybridized carbons (Fsp3) is 0.857. The maximum absolute atomic E-state index is 12.5. The Hall–Kier alpha value is -1.06. The second kappa shape index (κ2) is 5.29. The third kappa shape index (κ3) is 2.38. The summed E-state index contributed by atoms with van der Waals surface area (Å²) in [5, 5.41) is 9.34. The minimum Gasteiger partial charge on any atom is -0.480 e. The highest BCUT2D eigenvalue weighted by atomic mass is 16.4. The fourth-order valence-electron chi connectivity index (χ4n) is 3.54. The molecule has 4 unspecified atom stereocenters. The average molecular weight is 253 g/mol. The molecular weight excluding hydrogens is 230 g/mol. The van der Waals surface area contributed by atoms with E-state index in [0.29, 0.717) is 12.5 Å². The zero-order valence-electron chi connectivity index (χ0n) is 11.3. The lowest BCUT2D eigenvalue weighted by Gasteiger charge is -2.39. The molecule has 0 aromatic carbocycles. The number of nitrogens with zero attached hydrogens (tertiary/aromatic N) is 1. The van der Waals surface area contributed by atoms with Gasteiger partial charge >= 0.3 is 5.97 Å². The summed E-state index contributed by atoms with van der Waals surface area (Å²) in [5.74, 6) is -0.238. The van der Waals surface area contributed by atoms with Gasteiger partial charge in [-0.2, -0.15) is 0 Å². The first-order valence-electron chi connectivity index (χ1n) is 7.05. The van der Waals surface area contributed by atoms with Gasteiger partial charge in [0.25, 0.3) is 0 Å². The molecule has 4 heteroatoms. The van der Waals surface area contributed by atoms with Crippen molar-refractivity contribution in [3.05, 3.63) is 0 Å². The molecule has 1 heterocycles. The van der Waals surface area contributed by atoms with Crippen molar-refractivity contribution in [1.29, 1.82) is 0 Å². The molecule has 1 aliphatic carbocycles. The predicted octanol–water partition coefficient (Wildman–Crippen LogP) is 2.13. The van der Waals surface area contributed by atoms with Gasteiger partial charge in [0.2, 0.25) is 5.91 Å². The molecule has 1 saturated heterocycles. The van der Waals surface area contributed by atoms with Gasteiger partial charge in [0.15, 0.2) is 0 Å². The summed E-state index contributed by atoms with van der Waals surface area (Å²) >= 11 is 0. The van der Waals surface area contributed by atoms with E-state index < -0.39 is 12.0 Å². The number of hydrogen-bond donors (Lipinski definition) is 1. The number of piperidine rings is 1. The largest absolute Gasteiger partial charge is 0.480 e. The van der Waals surface area contributed by atoms with Crippen molar-refractivity contribution in [2.24, 2.45) is 17.8 Å². The molecule has 2 fully saturated rings. The van der Waals surface area contributed by atoms with Crippen LogP contribution in [0.4, 0.5) is 0 Å². The first kappa shape index (κ1) is 13.4. The van der Waals surface area contributed by atoms with E-state index >= 15 is 0 Å². The molecule has 1 N–H and O–H groups in total. The molecule has 1 amide bonds. The first-order valence-corrected chi connectivity index (χ1v) is 7.05. The zero-order valence-corrected chi connectivity index (χ0v) is 11.3. The van der Waals surface area contributed by atoms with Crippen molar-refractivity contribution in [3.8, 4) is 0 Å². The molecule has 0 radical (unpaired) electrons. The number of likely N-dealkylation sites (tertiary alicyclic amines) is 1. The van der Waals surface area contributed by atoms with E-state index in [1.165, 1.54) is 0 Å². The van der Waals surface area contributed by atoms with E-state index in [1.54, 1.807) is 4.90 Å². The Morgan fingerprint density at radius 1 is 1.06 bits per heavy atom. The van der Waals surface area contributed by atoms with Crippen LogP contribution in [-0.2, 0) is 9.59 Å². The fourth-order valence-corrected chi connectivity index (χ4v) is 3.54. The normalized spacial score (nSPS) is 36.7. The van der Waals surface area contributed by atoms with Crippen molar-refractivity contribution in [3.63, 3.8) is 0 Å². The Morgan fingerprint density at radius 2 is 1.72 bits per heavy atom. The van der Waals surface area contributed by atoms with Gasteiger partial charge in [-0.25, -0.2) is 4.79 Å². The van der Waals surface area contributed by atoms with Crippen molar-refractivity contribution in [2.45, 2.75) is 52.0 Å². The summed E-state index contributed by atoms with van der Waals surface area (Å²) in [6.45, 7) is 4.67. The van der Waals surface area contributed by atoms with Crippen LogP contribution >= 0.6 is 0 Å². The van der Waals surface area contributed by atoms with Gasteiger partial charge in [-0.05, 0) is 37.5 Å². The van der Waals surface area contributed by atoms with Gasteiger partial charge in [-0.1, -0.05) is 20.3 Å². The van der Waals surface area contributed by atoms with Crippen LogP contribution in [-0.4, -0.2) is 34.5 Å². The van der Waals surface area contributed by atoms with E-state index in [2.05, 4.69) is 6.92 Å². The lowest BCUT2D eigenvalue weighted by atomic mass is 9.88. The Kier molecular flexibility index (Phi) is 3.93. The van der Waals surface area contributed by atoms with Crippen LogP contribution in [0.2, 0.25) is 0 Å². The minimum absolute atomic E-state index is 0.0529. The molecule has 1 saturated carbocycles. The van der Waals surface area contributed by atoms with E-state index in [-0.39, 0.29) is 17.7 Å². The van der Waals surface area contributed by atoms with Gasteiger partial charge in [-0.15, -0.1) is 0 Å². The van der Waals surface area contributed by atoms with E-state index in [4.69, 9.17) is 0 Å². The highest BCUT2D eigenvalue weighted by Gasteiger charge is 2.41. The number of carbonyl (C=O) groups is 2. The quantitative estimate of drug-likeness (QED) is 0.820. The van der Waals surface area contributed by atoms with E-state index in [9.17, 15) is 14.7 Å². The Labute approximate surface area is 108 Å². The van der Waals surface area contributed by atoms with Gasteiger partial charge in [0, 0.05) is 12.5 Å². The van der Waals surface area contributed by atoms with Crippen LogP contribution in [0, 0.1) is 17.8 Å². The summed E-state index contributed by atoms with van der Waals surface area (Å²) in [6, 6.07) is -0.612. The Bertz CT molecular complexity index is 342. The maximum Gasteiger partial charge on any atom is 0.326 e. The maximum atomic E-state index is 12.5. The van der Waals surface area contributed by atoms with Crippen molar-refractivity contribution >= 4 is 11.9 Å². The van der Waals surface area contributed by atoms with Crippen molar-refractivity contribution in [1.82, 2.24) is 4.90 Å². The monoisotopic (exact) mass is 253 g/mol. The molecule has 2 aliphatic rings. The van der Waals surface area contributed by atoms with Crippen LogP contribution in [0.3, 0.4) is 0 Å². The smallest absolute Gasteiger partial charge is 0.326 e. The third-order valence-electron chi connectivity index (χ3n) is 4.65. The predicted molar refractivity (Wildman–Crippen MR) is 68.0 cm³/mol. The number of carboxylic acid groups (broad SMARTS) is 1. The summed E-state index contributed by atoms with van der Waals surface area (Å²) in [6.07, 6.45) is 4.95. The van der Waals surface area contributed by atoms with Gasteiger partial charge in [0.05, 0.1) is 0 Å². The van der Waals surface area contributed by atoms with Gasteiger partial charge in [-0.3, -0.25) is 4.79 Å². The summed E-state index contributed by atoms with van der Waals surface area (Å²) in [7, 11) is 0. The number of aliphatic carboxylic acids is 1. The summed E-state index contributed by atoms with van der Waals surface area (Å²) in [4.78, 5) is 25.6. The lowest BCUT2D eigenvalue weighted by Crippen LogP contribution is -2.53. The average Bonchev–Trinajstić information content (AvgIpc) is 2.73. The Morgan fingerprint density at radius 3 is 2.28 bits per heavy atom. The number of carbonyl (C=O) groups excluding carboxylic acids is 1. The molecule has 0 aromatic rings. The highest BCUT2D eigenvalue weighted by molar-refractivity contribution is 5.85. The summed E-state index contributed by atoms with van der Waals surface area (Å²) < 4.78 is 0. The number of hydrogen-bond acceptors (Lipinski definition) is 2. The zero-order chi connectivity index (χ0) is 13.3. The van der Waals surface area contributed by atoms with Crippen molar-refractivity contribution < 1.29 is 14.7 Å². The summed E-state index contributed by atoms with van der Waals surface area (Å²) in [5.41, 5.74) is 0. The molecule has 2 rings (SSSR count). The van der Waals surface area contributed by atoms with Crippen LogP contribution in [0.15, 0.2) is 0 Å². The van der Waals surface area contributed by atoms with Crippen LogP contribution in [0.5, 0.6) is 0 Å². The second-order valence-electron chi connectivity index (χ2n) is 5.95. The molecule has 102 valence electrons. The lowest BCUT2D eigenvalue weighted by molar-refractivity contribution is -0.157. The van der Waals surface area contributed by atoms with Crippen LogP contribution < -0.4 is 0 Å². The number of amides is 1. The minimum atomic E-state index is -0.846. The molecule has 4 atom stereocenters. The molecule has 18 heavy (non-hydrogen) atoms. The van der Waals surface area contributed by atoms with Crippen LogP contribution in [0.25, 0.3) is 0 Å². The Balaban J connectivity index is 2.14. The van der Waals surface area contributed by atoms with E-state index in [0.717, 1.165) is 32.1 Å². The topological polar surface area (TPSA) is 57.6 Å². The molecule has 0 spiro atoms. The van der Waals surface area contributed by atoms with Crippen molar-refractivity contribution in [2.75, 3.05) is 6.54 Å². The molecule has 0 bridgehead atoms. The van der Waals surface area contributed by atoms with Crippen LogP contribution in [0.1, 0.15) is 46.0 Å². The van der Waals surface area contributed by atoms with Gasteiger partial charge < -0.3 is 10.0 Å². The molecule has 0 aromatic heterocycles.